The fraction of sp³-hybridized carbons (Fsp3) is 0.381. The summed E-state index contributed by atoms with van der Waals surface area (Å²) in [5.74, 6) is 0. The summed E-state index contributed by atoms with van der Waals surface area (Å²) in [6.07, 6.45) is 5.00. The van der Waals surface area contributed by atoms with Crippen LogP contribution in [0.3, 0.4) is 0 Å². The van der Waals surface area contributed by atoms with Gasteiger partial charge in [0.1, 0.15) is 0 Å². The SMILES string of the molecule is Cc1c(CN2CCCN(Cc3cccnc3)CC2)[nH]c2c(Cl)cccc12. The smallest absolute Gasteiger partial charge is 0.0648 e. The molecule has 1 N–H and O–H groups in total. The number of aryl methyl sites for hydroxylation is 1. The van der Waals surface area contributed by atoms with E-state index in [9.17, 15) is 0 Å². The third kappa shape index (κ3) is 3.78. The van der Waals surface area contributed by atoms with Crippen LogP contribution in [0.5, 0.6) is 0 Å². The van der Waals surface area contributed by atoms with Crippen LogP contribution in [-0.2, 0) is 13.1 Å². The van der Waals surface area contributed by atoms with Crippen molar-refractivity contribution in [3.05, 3.63) is 64.6 Å². The molecule has 1 aromatic carbocycles. The van der Waals surface area contributed by atoms with E-state index in [0.29, 0.717) is 0 Å². The minimum Gasteiger partial charge on any atom is -0.356 e. The molecule has 0 saturated carbocycles. The third-order valence-electron chi connectivity index (χ3n) is 5.34. The highest BCUT2D eigenvalue weighted by Crippen LogP contribution is 2.28. The highest BCUT2D eigenvalue weighted by Gasteiger charge is 2.18. The van der Waals surface area contributed by atoms with Crippen molar-refractivity contribution in [1.82, 2.24) is 19.8 Å². The van der Waals surface area contributed by atoms with E-state index in [0.717, 1.165) is 49.8 Å². The van der Waals surface area contributed by atoms with Gasteiger partial charge in [-0.1, -0.05) is 29.8 Å². The largest absolute Gasteiger partial charge is 0.356 e. The van der Waals surface area contributed by atoms with Crippen LogP contribution in [0.4, 0.5) is 0 Å². The van der Waals surface area contributed by atoms with Gasteiger partial charge in [0.15, 0.2) is 0 Å². The summed E-state index contributed by atoms with van der Waals surface area (Å²) in [7, 11) is 0. The molecule has 5 heteroatoms. The Morgan fingerprint density at radius 2 is 1.85 bits per heavy atom. The Bertz CT molecular complexity index is 874. The first-order valence-electron chi connectivity index (χ1n) is 9.30. The topological polar surface area (TPSA) is 35.2 Å². The Morgan fingerprint density at radius 1 is 1.04 bits per heavy atom. The minimum absolute atomic E-state index is 0.801. The maximum atomic E-state index is 6.35. The molecule has 1 aliphatic rings. The maximum Gasteiger partial charge on any atom is 0.0648 e. The summed E-state index contributed by atoms with van der Waals surface area (Å²) in [5, 5.41) is 2.04. The van der Waals surface area contributed by atoms with Crippen LogP contribution in [0.1, 0.15) is 23.2 Å². The number of hydrogen-bond donors (Lipinski definition) is 1. The molecule has 0 amide bonds. The number of halogens is 1. The highest BCUT2D eigenvalue weighted by atomic mass is 35.5. The van der Waals surface area contributed by atoms with E-state index in [1.165, 1.54) is 28.6 Å². The monoisotopic (exact) mass is 368 g/mol. The van der Waals surface area contributed by atoms with Gasteiger partial charge in [-0.3, -0.25) is 14.8 Å². The van der Waals surface area contributed by atoms with Crippen molar-refractivity contribution in [3.8, 4) is 0 Å². The van der Waals surface area contributed by atoms with E-state index >= 15 is 0 Å². The summed E-state index contributed by atoms with van der Waals surface area (Å²) in [5.41, 5.74) is 4.96. The predicted octanol–water partition coefficient (Wildman–Crippen LogP) is 4.23. The van der Waals surface area contributed by atoms with Crippen molar-refractivity contribution in [2.75, 3.05) is 26.2 Å². The number of nitrogens with one attached hydrogen (secondary N) is 1. The summed E-state index contributed by atoms with van der Waals surface area (Å²) in [6.45, 7) is 8.59. The first-order valence-corrected chi connectivity index (χ1v) is 9.68. The first-order chi connectivity index (χ1) is 12.7. The van der Waals surface area contributed by atoms with Crippen molar-refractivity contribution in [2.24, 2.45) is 0 Å². The van der Waals surface area contributed by atoms with Crippen LogP contribution < -0.4 is 0 Å². The number of hydrogen-bond acceptors (Lipinski definition) is 3. The van der Waals surface area contributed by atoms with E-state index in [1.807, 2.05) is 30.6 Å². The second kappa shape index (κ2) is 7.78. The molecule has 0 atom stereocenters. The van der Waals surface area contributed by atoms with Gasteiger partial charge < -0.3 is 4.98 Å². The maximum absolute atomic E-state index is 6.35. The molecule has 4 rings (SSSR count). The summed E-state index contributed by atoms with van der Waals surface area (Å²) in [6, 6.07) is 10.3. The van der Waals surface area contributed by atoms with E-state index in [-0.39, 0.29) is 0 Å². The quantitative estimate of drug-likeness (QED) is 0.748. The predicted molar refractivity (Wildman–Crippen MR) is 107 cm³/mol. The van der Waals surface area contributed by atoms with Gasteiger partial charge in [0.05, 0.1) is 10.5 Å². The van der Waals surface area contributed by atoms with Crippen molar-refractivity contribution < 1.29 is 0 Å². The molecule has 1 saturated heterocycles. The Morgan fingerprint density at radius 3 is 2.58 bits per heavy atom. The summed E-state index contributed by atoms with van der Waals surface area (Å²) < 4.78 is 0. The van der Waals surface area contributed by atoms with E-state index in [4.69, 9.17) is 11.6 Å². The lowest BCUT2D eigenvalue weighted by atomic mass is 10.1. The second-order valence-electron chi connectivity index (χ2n) is 7.16. The van der Waals surface area contributed by atoms with E-state index < -0.39 is 0 Å². The highest BCUT2D eigenvalue weighted by molar-refractivity contribution is 6.35. The zero-order valence-corrected chi connectivity index (χ0v) is 16.0. The molecule has 4 nitrogen and oxygen atoms in total. The second-order valence-corrected chi connectivity index (χ2v) is 7.57. The molecular weight excluding hydrogens is 344 g/mol. The van der Waals surface area contributed by atoms with Gasteiger partial charge in [-0.25, -0.2) is 0 Å². The first kappa shape index (κ1) is 17.5. The number of aromatic amines is 1. The molecule has 0 aliphatic carbocycles. The lowest BCUT2D eigenvalue weighted by molar-refractivity contribution is 0.245. The van der Waals surface area contributed by atoms with Gasteiger partial charge in [0, 0.05) is 49.7 Å². The number of nitrogens with zero attached hydrogens (tertiary/aromatic N) is 3. The van der Waals surface area contributed by atoms with Gasteiger partial charge >= 0.3 is 0 Å². The zero-order valence-electron chi connectivity index (χ0n) is 15.2. The molecule has 1 aliphatic heterocycles. The van der Waals surface area contributed by atoms with Crippen molar-refractivity contribution in [3.63, 3.8) is 0 Å². The molecule has 2 aromatic heterocycles. The Kier molecular flexibility index (Phi) is 5.25. The van der Waals surface area contributed by atoms with E-state index in [1.54, 1.807) is 0 Å². The Labute approximate surface area is 159 Å². The van der Waals surface area contributed by atoms with Crippen LogP contribution >= 0.6 is 11.6 Å². The minimum atomic E-state index is 0.801. The fourth-order valence-corrected chi connectivity index (χ4v) is 4.06. The van der Waals surface area contributed by atoms with Crippen LogP contribution in [0.2, 0.25) is 5.02 Å². The van der Waals surface area contributed by atoms with Crippen LogP contribution in [0.15, 0.2) is 42.7 Å². The molecule has 0 spiro atoms. The van der Waals surface area contributed by atoms with Gasteiger partial charge in [0.2, 0.25) is 0 Å². The summed E-state index contributed by atoms with van der Waals surface area (Å²) >= 11 is 6.35. The van der Waals surface area contributed by atoms with Gasteiger partial charge in [-0.05, 0) is 49.7 Å². The Balaban J connectivity index is 1.42. The van der Waals surface area contributed by atoms with Crippen molar-refractivity contribution >= 4 is 22.5 Å². The average molecular weight is 369 g/mol. The van der Waals surface area contributed by atoms with Crippen LogP contribution in [0, 0.1) is 6.92 Å². The number of H-pyrrole nitrogens is 1. The van der Waals surface area contributed by atoms with Gasteiger partial charge in [-0.15, -0.1) is 0 Å². The summed E-state index contributed by atoms with van der Waals surface area (Å²) in [4.78, 5) is 12.9. The molecule has 0 bridgehead atoms. The van der Waals surface area contributed by atoms with Crippen LogP contribution in [0.25, 0.3) is 10.9 Å². The molecular formula is C21H25ClN4. The average Bonchev–Trinajstić information content (AvgIpc) is 2.82. The number of aromatic nitrogens is 2. The molecule has 3 heterocycles. The van der Waals surface area contributed by atoms with E-state index in [2.05, 4.69) is 38.8 Å². The standard InChI is InChI=1S/C21H25ClN4/c1-16-18-6-2-7-19(22)21(18)24-20(16)15-26-10-4-9-25(11-12-26)14-17-5-3-8-23-13-17/h2-3,5-8,13,24H,4,9-12,14-15H2,1H3. The molecule has 3 aromatic rings. The van der Waals surface area contributed by atoms with Crippen molar-refractivity contribution in [2.45, 2.75) is 26.4 Å². The number of para-hydroxylation sites is 1. The van der Waals surface area contributed by atoms with Gasteiger partial charge in [-0.2, -0.15) is 0 Å². The Hall–Kier alpha value is -1.88. The lowest BCUT2D eigenvalue weighted by Gasteiger charge is -2.21. The number of fused-ring (bicyclic) bond motifs is 1. The number of benzene rings is 1. The number of pyridine rings is 1. The molecule has 136 valence electrons. The van der Waals surface area contributed by atoms with Gasteiger partial charge in [0.25, 0.3) is 0 Å². The third-order valence-corrected chi connectivity index (χ3v) is 5.65. The van der Waals surface area contributed by atoms with Crippen molar-refractivity contribution in [1.29, 1.82) is 0 Å². The van der Waals surface area contributed by atoms with Crippen LogP contribution in [-0.4, -0.2) is 45.9 Å². The molecule has 0 unspecified atom stereocenters. The fourth-order valence-electron chi connectivity index (χ4n) is 3.84. The lowest BCUT2D eigenvalue weighted by Crippen LogP contribution is -2.30. The molecule has 0 radical (unpaired) electrons. The molecule has 1 fully saturated rings. The zero-order chi connectivity index (χ0) is 17.9. The normalized spacial score (nSPS) is 16.8. The number of rotatable bonds is 4. The molecule has 26 heavy (non-hydrogen) atoms.